The number of piperidine rings is 1. The molecule has 1 aliphatic carbocycles. The minimum absolute atomic E-state index is 0.0980. The summed E-state index contributed by atoms with van der Waals surface area (Å²) in [5.74, 6) is -1.45. The van der Waals surface area contributed by atoms with Gasteiger partial charge >= 0.3 is 0 Å². The molecule has 36 heavy (non-hydrogen) atoms. The smallest absolute Gasteiger partial charge is 0.295 e. The number of non-ortho nitro benzene ring substituents is 1. The predicted molar refractivity (Wildman–Crippen MR) is 133 cm³/mol. The first-order valence-corrected chi connectivity index (χ1v) is 12.4. The third-order valence-corrected chi connectivity index (χ3v) is 7.08. The van der Waals surface area contributed by atoms with Gasteiger partial charge in [-0.05, 0) is 56.0 Å². The summed E-state index contributed by atoms with van der Waals surface area (Å²) < 4.78 is 32.7. The second-order valence-electron chi connectivity index (χ2n) is 9.53. The SMILES string of the molecule is O=[N+]([O-])c1ccc(N2CCC[C@H](NC3CCCCC3Nc3ncc(-c4ccc(F)c(F)c4)o3)C2)cc1. The highest BCUT2D eigenvalue weighted by Crippen LogP contribution is 2.28. The van der Waals surface area contributed by atoms with Crippen LogP contribution in [0.3, 0.4) is 0 Å². The van der Waals surface area contributed by atoms with E-state index in [0.717, 1.165) is 69.4 Å². The van der Waals surface area contributed by atoms with E-state index < -0.39 is 11.6 Å². The monoisotopic (exact) mass is 497 g/mol. The highest BCUT2D eigenvalue weighted by molar-refractivity contribution is 5.57. The first kappa shape index (κ1) is 24.2. The third kappa shape index (κ3) is 5.48. The zero-order chi connectivity index (χ0) is 25.1. The molecule has 0 amide bonds. The zero-order valence-corrected chi connectivity index (χ0v) is 19.8. The van der Waals surface area contributed by atoms with Crippen molar-refractivity contribution in [3.05, 3.63) is 70.4 Å². The van der Waals surface area contributed by atoms with E-state index in [0.29, 0.717) is 23.4 Å². The maximum atomic E-state index is 13.6. The van der Waals surface area contributed by atoms with E-state index in [1.54, 1.807) is 12.1 Å². The number of halogens is 2. The molecule has 190 valence electrons. The molecule has 0 radical (unpaired) electrons. The van der Waals surface area contributed by atoms with Gasteiger partial charge in [-0.1, -0.05) is 12.8 Å². The maximum absolute atomic E-state index is 13.6. The second kappa shape index (κ2) is 10.6. The molecule has 5 rings (SSSR count). The van der Waals surface area contributed by atoms with Crippen LogP contribution in [0.15, 0.2) is 53.1 Å². The lowest BCUT2D eigenvalue weighted by Gasteiger charge is -2.40. The number of nitrogens with zero attached hydrogens (tertiary/aromatic N) is 3. The largest absolute Gasteiger partial charge is 0.424 e. The average Bonchev–Trinajstić information content (AvgIpc) is 3.36. The van der Waals surface area contributed by atoms with Crippen molar-refractivity contribution in [2.75, 3.05) is 23.3 Å². The summed E-state index contributed by atoms with van der Waals surface area (Å²) in [5.41, 5.74) is 1.53. The van der Waals surface area contributed by atoms with Crippen molar-refractivity contribution in [1.29, 1.82) is 0 Å². The van der Waals surface area contributed by atoms with Gasteiger partial charge in [-0.15, -0.1) is 0 Å². The number of hydrogen-bond donors (Lipinski definition) is 2. The Morgan fingerprint density at radius 3 is 2.53 bits per heavy atom. The van der Waals surface area contributed by atoms with E-state index in [-0.39, 0.29) is 22.7 Å². The van der Waals surface area contributed by atoms with Crippen molar-refractivity contribution in [2.24, 2.45) is 0 Å². The lowest BCUT2D eigenvalue weighted by Crippen LogP contribution is -2.54. The Bertz CT molecular complexity index is 1200. The number of oxazole rings is 1. The Labute approximate surface area is 207 Å². The van der Waals surface area contributed by atoms with E-state index in [2.05, 4.69) is 20.5 Å². The standard InChI is InChI=1S/C26H29F2N5O3/c27-21-12-7-17(14-22(21)28)25-15-29-26(36-25)31-24-6-2-1-5-23(24)30-18-4-3-13-32(16-18)19-8-10-20(11-9-19)33(34)35/h7-12,14-15,18,23-24,30H,1-6,13,16H2,(H,29,31)/t18-,23?,24?/m0/s1. The Kier molecular flexibility index (Phi) is 7.13. The summed E-state index contributed by atoms with van der Waals surface area (Å²) in [5, 5.41) is 18.2. The van der Waals surface area contributed by atoms with Gasteiger partial charge in [-0.3, -0.25) is 10.1 Å². The van der Waals surface area contributed by atoms with Crippen molar-refractivity contribution < 1.29 is 18.1 Å². The Balaban J connectivity index is 1.22. The highest BCUT2D eigenvalue weighted by Gasteiger charge is 2.30. The first-order valence-electron chi connectivity index (χ1n) is 12.4. The number of rotatable bonds is 7. The van der Waals surface area contributed by atoms with Crippen LogP contribution < -0.4 is 15.5 Å². The van der Waals surface area contributed by atoms with Crippen LogP contribution in [0.1, 0.15) is 38.5 Å². The Hall–Kier alpha value is -3.53. The van der Waals surface area contributed by atoms with Crippen molar-refractivity contribution >= 4 is 17.4 Å². The number of hydrogen-bond acceptors (Lipinski definition) is 7. The number of anilines is 2. The summed E-state index contributed by atoms with van der Waals surface area (Å²) in [6.45, 7) is 1.76. The van der Waals surface area contributed by atoms with Crippen LogP contribution in [0.25, 0.3) is 11.3 Å². The average molecular weight is 498 g/mol. The molecule has 2 unspecified atom stereocenters. The molecule has 1 aliphatic heterocycles. The topological polar surface area (TPSA) is 96.5 Å². The van der Waals surface area contributed by atoms with Gasteiger partial charge in [0, 0.05) is 54.6 Å². The first-order chi connectivity index (χ1) is 17.5. The molecule has 0 bridgehead atoms. The van der Waals surface area contributed by atoms with Gasteiger partial charge in [0.15, 0.2) is 17.4 Å². The minimum atomic E-state index is -0.926. The third-order valence-electron chi connectivity index (χ3n) is 7.08. The molecule has 1 aromatic heterocycles. The fourth-order valence-electron chi connectivity index (χ4n) is 5.22. The number of nitrogens with one attached hydrogen (secondary N) is 2. The van der Waals surface area contributed by atoms with Crippen LogP contribution in [0.2, 0.25) is 0 Å². The summed E-state index contributed by atoms with van der Waals surface area (Å²) in [4.78, 5) is 17.2. The molecule has 8 nitrogen and oxygen atoms in total. The molecule has 2 heterocycles. The fourth-order valence-corrected chi connectivity index (χ4v) is 5.22. The van der Waals surface area contributed by atoms with Crippen LogP contribution in [-0.4, -0.2) is 41.1 Å². The van der Waals surface area contributed by atoms with Gasteiger partial charge in [0.25, 0.3) is 11.7 Å². The molecular formula is C26H29F2N5O3. The molecule has 3 aromatic rings. The van der Waals surface area contributed by atoms with E-state index in [1.165, 1.54) is 12.3 Å². The number of nitro groups is 1. The van der Waals surface area contributed by atoms with Gasteiger partial charge in [-0.25, -0.2) is 13.8 Å². The zero-order valence-electron chi connectivity index (χ0n) is 19.8. The Morgan fingerprint density at radius 2 is 1.78 bits per heavy atom. The van der Waals surface area contributed by atoms with Crippen molar-refractivity contribution in [3.8, 4) is 11.3 Å². The van der Waals surface area contributed by atoms with Gasteiger partial charge < -0.3 is 20.0 Å². The van der Waals surface area contributed by atoms with Crippen LogP contribution >= 0.6 is 0 Å². The molecular weight excluding hydrogens is 468 g/mol. The molecule has 2 N–H and O–H groups in total. The molecule has 0 spiro atoms. The number of benzene rings is 2. The molecule has 2 aliphatic rings. The number of aromatic nitrogens is 1. The lowest BCUT2D eigenvalue weighted by atomic mass is 9.89. The van der Waals surface area contributed by atoms with Crippen LogP contribution in [-0.2, 0) is 0 Å². The maximum Gasteiger partial charge on any atom is 0.295 e. The van der Waals surface area contributed by atoms with Crippen molar-refractivity contribution in [2.45, 2.75) is 56.7 Å². The van der Waals surface area contributed by atoms with Gasteiger partial charge in [-0.2, -0.15) is 0 Å². The van der Waals surface area contributed by atoms with Crippen LogP contribution in [0.4, 0.5) is 26.2 Å². The number of nitro benzene ring substituents is 1. The quantitative estimate of drug-likeness (QED) is 0.328. The van der Waals surface area contributed by atoms with E-state index in [9.17, 15) is 18.9 Å². The lowest BCUT2D eigenvalue weighted by molar-refractivity contribution is -0.384. The van der Waals surface area contributed by atoms with E-state index >= 15 is 0 Å². The molecule has 10 heteroatoms. The van der Waals surface area contributed by atoms with E-state index in [4.69, 9.17) is 4.42 Å². The molecule has 2 fully saturated rings. The van der Waals surface area contributed by atoms with Crippen molar-refractivity contribution in [3.63, 3.8) is 0 Å². The van der Waals surface area contributed by atoms with Gasteiger partial charge in [0.05, 0.1) is 11.1 Å². The predicted octanol–water partition coefficient (Wildman–Crippen LogP) is 5.51. The summed E-state index contributed by atoms with van der Waals surface area (Å²) in [6.07, 6.45) is 7.86. The van der Waals surface area contributed by atoms with Crippen molar-refractivity contribution in [1.82, 2.24) is 10.3 Å². The van der Waals surface area contributed by atoms with Gasteiger partial charge in [0.2, 0.25) is 0 Å². The minimum Gasteiger partial charge on any atom is -0.424 e. The Morgan fingerprint density at radius 1 is 1.00 bits per heavy atom. The summed E-state index contributed by atoms with van der Waals surface area (Å²) >= 11 is 0. The van der Waals surface area contributed by atoms with Gasteiger partial charge in [0.1, 0.15) is 0 Å². The summed E-state index contributed by atoms with van der Waals surface area (Å²) in [7, 11) is 0. The molecule has 1 saturated carbocycles. The second-order valence-corrected chi connectivity index (χ2v) is 9.53. The normalized spacial score (nSPS) is 22.4. The molecule has 3 atom stereocenters. The van der Waals surface area contributed by atoms with E-state index in [1.807, 2.05) is 12.1 Å². The van der Waals surface area contributed by atoms with Crippen LogP contribution in [0.5, 0.6) is 0 Å². The fraction of sp³-hybridized carbons (Fsp3) is 0.423. The molecule has 1 saturated heterocycles. The molecule has 2 aromatic carbocycles. The summed E-state index contributed by atoms with van der Waals surface area (Å²) in [6, 6.07) is 11.4. The highest BCUT2D eigenvalue weighted by atomic mass is 19.2. The van der Waals surface area contributed by atoms with Crippen LogP contribution in [0, 0.1) is 21.7 Å².